The summed E-state index contributed by atoms with van der Waals surface area (Å²) in [5, 5.41) is 5.27. The normalized spacial score (nSPS) is 12.4. The summed E-state index contributed by atoms with van der Waals surface area (Å²) in [4.78, 5) is 0.237. The molecular formula is C24H23BrO3SSi. The van der Waals surface area contributed by atoms with E-state index in [-0.39, 0.29) is 4.90 Å². The van der Waals surface area contributed by atoms with Gasteiger partial charge in [0.05, 0.1) is 34.9 Å². The standard InChI is InChI=1S/C24H23BrO3SSi/c1-28-21-13-9-17-15-18(30(2,3)4)11-12-20(17)23(21)24-19-8-6-5-7-16(19)10-14-22(24)29(25,26)27/h5-15H,1-4H3. The van der Waals surface area contributed by atoms with Gasteiger partial charge in [0.15, 0.2) is 0 Å². The minimum absolute atomic E-state index is 0.237. The first-order valence-corrected chi connectivity index (χ1v) is 16.5. The second-order valence-corrected chi connectivity index (χ2v) is 17.4. The Morgan fingerprint density at radius 1 is 0.800 bits per heavy atom. The minimum atomic E-state index is -3.63. The molecule has 6 heteroatoms. The van der Waals surface area contributed by atoms with E-state index in [0.717, 1.165) is 27.1 Å². The number of methoxy groups -OCH3 is 1. The van der Waals surface area contributed by atoms with Crippen molar-refractivity contribution in [3.05, 3.63) is 66.7 Å². The molecule has 0 N–H and O–H groups in total. The van der Waals surface area contributed by atoms with Crippen molar-refractivity contribution in [2.45, 2.75) is 24.5 Å². The van der Waals surface area contributed by atoms with Crippen molar-refractivity contribution in [1.82, 2.24) is 0 Å². The first-order chi connectivity index (χ1) is 14.1. The topological polar surface area (TPSA) is 43.4 Å². The predicted octanol–water partition coefficient (Wildman–Crippen LogP) is 6.30. The van der Waals surface area contributed by atoms with Crippen molar-refractivity contribution in [3.8, 4) is 16.9 Å². The summed E-state index contributed by atoms with van der Waals surface area (Å²) < 4.78 is 31.1. The van der Waals surface area contributed by atoms with E-state index in [1.165, 1.54) is 5.19 Å². The van der Waals surface area contributed by atoms with Gasteiger partial charge in [0.2, 0.25) is 8.27 Å². The van der Waals surface area contributed by atoms with Crippen LogP contribution in [0.3, 0.4) is 0 Å². The maximum absolute atomic E-state index is 12.7. The number of benzene rings is 4. The highest BCUT2D eigenvalue weighted by Gasteiger charge is 2.24. The Bertz CT molecular complexity index is 1390. The fourth-order valence-electron chi connectivity index (χ4n) is 3.92. The summed E-state index contributed by atoms with van der Waals surface area (Å²) in [6.07, 6.45) is 0. The molecule has 0 atom stereocenters. The number of ether oxygens (including phenoxy) is 1. The third-order valence-corrected chi connectivity index (χ3v) is 9.43. The van der Waals surface area contributed by atoms with E-state index >= 15 is 0 Å². The summed E-state index contributed by atoms with van der Waals surface area (Å²) in [7, 11) is -3.50. The second kappa shape index (κ2) is 7.52. The van der Waals surface area contributed by atoms with Crippen LogP contribution in [-0.4, -0.2) is 23.6 Å². The summed E-state index contributed by atoms with van der Waals surface area (Å²) in [6, 6.07) is 21.8. The minimum Gasteiger partial charge on any atom is -0.496 e. The van der Waals surface area contributed by atoms with E-state index in [1.54, 1.807) is 13.2 Å². The van der Waals surface area contributed by atoms with Crippen LogP contribution >= 0.6 is 14.8 Å². The molecule has 0 aliphatic heterocycles. The van der Waals surface area contributed by atoms with Gasteiger partial charge < -0.3 is 4.74 Å². The van der Waals surface area contributed by atoms with Crippen LogP contribution in [0.5, 0.6) is 5.75 Å². The summed E-state index contributed by atoms with van der Waals surface area (Å²) in [6.45, 7) is 6.95. The summed E-state index contributed by atoms with van der Waals surface area (Å²) >= 11 is 2.91. The molecule has 0 fully saturated rings. The van der Waals surface area contributed by atoms with E-state index < -0.39 is 16.3 Å². The SMILES string of the molecule is COc1ccc2cc([Si](C)(C)C)ccc2c1-c1c(S(=O)(=O)Br)ccc2ccccc12. The zero-order valence-electron chi connectivity index (χ0n) is 17.4. The second-order valence-electron chi connectivity index (χ2n) is 8.43. The predicted molar refractivity (Wildman–Crippen MR) is 133 cm³/mol. The molecule has 0 aliphatic rings. The number of hydrogen-bond acceptors (Lipinski definition) is 3. The van der Waals surface area contributed by atoms with Gasteiger partial charge in [0, 0.05) is 11.1 Å². The molecule has 0 radical (unpaired) electrons. The zero-order chi connectivity index (χ0) is 21.7. The quantitative estimate of drug-likeness (QED) is 0.245. The van der Waals surface area contributed by atoms with Gasteiger partial charge in [-0.1, -0.05) is 79.4 Å². The fraction of sp³-hybridized carbons (Fsp3) is 0.167. The summed E-state index contributed by atoms with van der Waals surface area (Å²) in [5.74, 6) is 0.650. The van der Waals surface area contributed by atoms with E-state index in [2.05, 4.69) is 58.7 Å². The van der Waals surface area contributed by atoms with Crippen molar-refractivity contribution in [2.24, 2.45) is 0 Å². The van der Waals surface area contributed by atoms with Gasteiger partial charge in [-0.15, -0.1) is 0 Å². The van der Waals surface area contributed by atoms with Crippen molar-refractivity contribution in [3.63, 3.8) is 0 Å². The third kappa shape index (κ3) is 3.68. The molecule has 30 heavy (non-hydrogen) atoms. The van der Waals surface area contributed by atoms with E-state index in [1.807, 2.05) is 36.4 Å². The van der Waals surface area contributed by atoms with Crippen LogP contribution in [0.15, 0.2) is 71.6 Å². The van der Waals surface area contributed by atoms with Crippen LogP contribution in [0.25, 0.3) is 32.7 Å². The monoisotopic (exact) mass is 498 g/mol. The number of fused-ring (bicyclic) bond motifs is 2. The maximum Gasteiger partial charge on any atom is 0.238 e. The fourth-order valence-corrected chi connectivity index (χ4v) is 6.58. The van der Waals surface area contributed by atoms with Crippen molar-refractivity contribution < 1.29 is 13.2 Å². The Kier molecular flexibility index (Phi) is 5.29. The van der Waals surface area contributed by atoms with Gasteiger partial charge in [0.1, 0.15) is 5.75 Å². The highest BCUT2D eigenvalue weighted by Crippen LogP contribution is 2.44. The molecule has 0 aromatic heterocycles. The first kappa shape index (κ1) is 21.1. The Morgan fingerprint density at radius 2 is 1.47 bits per heavy atom. The van der Waals surface area contributed by atoms with Crippen LogP contribution in [0.1, 0.15) is 0 Å². The average molecular weight is 500 g/mol. The average Bonchev–Trinajstić information content (AvgIpc) is 2.70. The highest BCUT2D eigenvalue weighted by atomic mass is 79.9. The summed E-state index contributed by atoms with van der Waals surface area (Å²) in [5.41, 5.74) is 1.46. The molecule has 4 rings (SSSR count). The van der Waals surface area contributed by atoms with Crippen molar-refractivity contribution >= 4 is 57.9 Å². The van der Waals surface area contributed by atoms with E-state index in [0.29, 0.717) is 11.3 Å². The van der Waals surface area contributed by atoms with E-state index in [4.69, 9.17) is 4.74 Å². The van der Waals surface area contributed by atoms with Crippen LogP contribution in [0.2, 0.25) is 19.6 Å². The third-order valence-electron chi connectivity index (χ3n) is 5.47. The molecule has 3 nitrogen and oxygen atoms in total. The molecule has 0 spiro atoms. The molecule has 154 valence electrons. The van der Waals surface area contributed by atoms with Crippen LogP contribution < -0.4 is 9.92 Å². The molecule has 0 heterocycles. The largest absolute Gasteiger partial charge is 0.496 e. The first-order valence-electron chi connectivity index (χ1n) is 9.69. The molecular weight excluding hydrogens is 476 g/mol. The van der Waals surface area contributed by atoms with Crippen molar-refractivity contribution in [2.75, 3.05) is 7.11 Å². The van der Waals surface area contributed by atoms with E-state index in [9.17, 15) is 8.42 Å². The van der Waals surface area contributed by atoms with Gasteiger partial charge in [-0.3, -0.25) is 0 Å². The smallest absolute Gasteiger partial charge is 0.238 e. The number of rotatable bonds is 4. The Hall–Kier alpha value is -2.15. The van der Waals surface area contributed by atoms with Gasteiger partial charge in [-0.2, -0.15) is 0 Å². The zero-order valence-corrected chi connectivity index (χ0v) is 20.8. The number of hydrogen-bond donors (Lipinski definition) is 0. The highest BCUT2D eigenvalue weighted by molar-refractivity contribution is 9.47. The van der Waals surface area contributed by atoms with Crippen LogP contribution in [0.4, 0.5) is 0 Å². The van der Waals surface area contributed by atoms with Crippen LogP contribution in [-0.2, 0) is 8.27 Å². The lowest BCUT2D eigenvalue weighted by Gasteiger charge is -2.20. The lowest BCUT2D eigenvalue weighted by molar-refractivity contribution is 0.417. The van der Waals surface area contributed by atoms with Gasteiger partial charge >= 0.3 is 0 Å². The Balaban J connectivity index is 2.20. The molecule has 0 saturated heterocycles. The Labute approximate surface area is 185 Å². The molecule has 4 aromatic rings. The van der Waals surface area contributed by atoms with Gasteiger partial charge in [-0.25, -0.2) is 8.42 Å². The van der Waals surface area contributed by atoms with Crippen molar-refractivity contribution in [1.29, 1.82) is 0 Å². The number of halogens is 1. The van der Waals surface area contributed by atoms with Crippen LogP contribution in [0, 0.1) is 0 Å². The lowest BCUT2D eigenvalue weighted by Crippen LogP contribution is -2.37. The molecule has 0 unspecified atom stereocenters. The molecule has 0 saturated carbocycles. The maximum atomic E-state index is 12.7. The lowest BCUT2D eigenvalue weighted by atomic mass is 9.93. The van der Waals surface area contributed by atoms with Gasteiger partial charge in [-0.05, 0) is 33.7 Å². The Morgan fingerprint density at radius 3 is 2.13 bits per heavy atom. The molecule has 4 aromatic carbocycles. The molecule has 0 aliphatic carbocycles. The molecule has 0 bridgehead atoms. The van der Waals surface area contributed by atoms with Gasteiger partial charge in [0.25, 0.3) is 0 Å². The molecule has 0 amide bonds.